The first kappa shape index (κ1) is 10.1. The van der Waals surface area contributed by atoms with Crippen LogP contribution in [0.5, 0.6) is 0 Å². The second-order valence-corrected chi connectivity index (χ2v) is 3.05. The van der Waals surface area contributed by atoms with Gasteiger partial charge in [-0.05, 0) is 6.08 Å². The van der Waals surface area contributed by atoms with Gasteiger partial charge in [0.05, 0.1) is 5.57 Å². The number of carbonyl (C=O) groups is 1. The summed E-state index contributed by atoms with van der Waals surface area (Å²) in [6, 6.07) is 0. The highest BCUT2D eigenvalue weighted by atomic mass is 35.5. The molecule has 0 bridgehead atoms. The maximum atomic E-state index is 12.9. The van der Waals surface area contributed by atoms with Crippen LogP contribution in [0.25, 0.3) is 0 Å². The molecule has 1 rings (SSSR count). The molecular weight excluding hydrogens is 209 g/mol. The molecule has 0 aromatic carbocycles. The smallest absolute Gasteiger partial charge is 0.334 e. The van der Waals surface area contributed by atoms with Crippen molar-refractivity contribution in [2.45, 2.75) is 11.3 Å². The Labute approximate surface area is 76.3 Å². The lowest BCUT2D eigenvalue weighted by Crippen LogP contribution is -2.33. The number of allylic oxidation sites excluding steroid dienone is 3. The van der Waals surface area contributed by atoms with Crippen LogP contribution in [-0.2, 0) is 4.79 Å². The largest absolute Gasteiger partial charge is 0.478 e. The van der Waals surface area contributed by atoms with Gasteiger partial charge in [-0.3, -0.25) is 0 Å². The number of alkyl halides is 3. The third kappa shape index (κ3) is 1.85. The summed E-state index contributed by atoms with van der Waals surface area (Å²) < 4.78 is 38.3. The quantitative estimate of drug-likeness (QED) is 0.676. The van der Waals surface area contributed by atoms with Crippen LogP contribution in [0.1, 0.15) is 0 Å². The molecular formula is C7H4ClF3O2. The number of rotatable bonds is 1. The van der Waals surface area contributed by atoms with Crippen molar-refractivity contribution in [3.8, 4) is 0 Å². The minimum Gasteiger partial charge on any atom is -0.478 e. The molecule has 0 saturated heterocycles. The summed E-state index contributed by atoms with van der Waals surface area (Å²) in [6.45, 7) is 0. The summed E-state index contributed by atoms with van der Waals surface area (Å²) in [6.07, 6.45) is -1.98. The van der Waals surface area contributed by atoms with E-state index >= 15 is 0 Å². The van der Waals surface area contributed by atoms with Crippen molar-refractivity contribution in [3.63, 3.8) is 0 Å². The summed E-state index contributed by atoms with van der Waals surface area (Å²) in [5.41, 5.74) is -1.03. The van der Waals surface area contributed by atoms with E-state index in [4.69, 9.17) is 16.7 Å². The normalized spacial score (nSPS) is 33.7. The van der Waals surface area contributed by atoms with Gasteiger partial charge in [0.1, 0.15) is 5.83 Å². The van der Waals surface area contributed by atoms with E-state index in [0.29, 0.717) is 6.08 Å². The average Bonchev–Trinajstić information content (AvgIpc) is 1.95. The predicted octanol–water partition coefficient (Wildman–Crippen LogP) is 2.11. The van der Waals surface area contributed by atoms with Crippen molar-refractivity contribution in [2.75, 3.05) is 0 Å². The molecule has 1 aliphatic carbocycles. The van der Waals surface area contributed by atoms with E-state index in [1.807, 2.05) is 0 Å². The van der Waals surface area contributed by atoms with Gasteiger partial charge in [-0.1, -0.05) is 11.6 Å². The van der Waals surface area contributed by atoms with Crippen molar-refractivity contribution in [1.29, 1.82) is 0 Å². The fourth-order valence-corrected chi connectivity index (χ4v) is 1.12. The van der Waals surface area contributed by atoms with Gasteiger partial charge in [0.25, 0.3) is 0 Å². The Balaban J connectivity index is 3.12. The fourth-order valence-electron chi connectivity index (χ4n) is 0.898. The maximum absolute atomic E-state index is 12.9. The zero-order valence-electron chi connectivity index (χ0n) is 6.10. The third-order valence-corrected chi connectivity index (χ3v) is 1.78. The van der Waals surface area contributed by atoms with Crippen LogP contribution in [0.4, 0.5) is 13.2 Å². The predicted molar refractivity (Wildman–Crippen MR) is 39.5 cm³/mol. The van der Waals surface area contributed by atoms with Gasteiger partial charge in [-0.25, -0.2) is 18.0 Å². The number of carboxylic acid groups (broad SMARTS) is 1. The Bertz CT molecular complexity index is 309. The molecule has 0 aliphatic heterocycles. The summed E-state index contributed by atoms with van der Waals surface area (Å²) in [7, 11) is 0. The summed E-state index contributed by atoms with van der Waals surface area (Å²) >= 11 is 4.89. The second kappa shape index (κ2) is 3.06. The molecule has 0 spiro atoms. The fraction of sp³-hybridized carbons (Fsp3) is 0.286. The lowest BCUT2D eigenvalue weighted by atomic mass is 10.0. The lowest BCUT2D eigenvalue weighted by molar-refractivity contribution is -0.133. The highest BCUT2D eigenvalue weighted by Crippen LogP contribution is 2.36. The number of carboxylic acids is 1. The molecule has 0 aromatic rings. The highest BCUT2D eigenvalue weighted by Gasteiger charge is 2.43. The van der Waals surface area contributed by atoms with Crippen LogP contribution >= 0.6 is 11.6 Å². The minimum absolute atomic E-state index is 0.186. The Hall–Kier alpha value is -0.970. The Kier molecular flexibility index (Phi) is 2.38. The number of hydrogen-bond acceptors (Lipinski definition) is 1. The first-order chi connectivity index (χ1) is 5.84. The van der Waals surface area contributed by atoms with Crippen LogP contribution in [0.15, 0.2) is 23.6 Å². The average molecular weight is 213 g/mol. The zero-order valence-corrected chi connectivity index (χ0v) is 6.86. The second-order valence-electron chi connectivity index (χ2n) is 2.47. The van der Waals surface area contributed by atoms with E-state index in [0.717, 1.165) is 0 Å². The molecule has 0 amide bonds. The number of hydrogen-bond donors (Lipinski definition) is 1. The zero-order chi connectivity index (χ0) is 10.2. The molecule has 0 heterocycles. The van der Waals surface area contributed by atoms with Crippen molar-refractivity contribution in [2.24, 2.45) is 0 Å². The van der Waals surface area contributed by atoms with Crippen molar-refractivity contribution >= 4 is 17.6 Å². The molecule has 6 heteroatoms. The SMILES string of the molecule is O=C(O)C1=CC(F)=CC(F)(Cl)C1F. The van der Waals surface area contributed by atoms with Gasteiger partial charge in [0, 0.05) is 6.08 Å². The van der Waals surface area contributed by atoms with Crippen LogP contribution < -0.4 is 0 Å². The summed E-state index contributed by atoms with van der Waals surface area (Å²) in [4.78, 5) is 10.3. The topological polar surface area (TPSA) is 37.3 Å². The monoisotopic (exact) mass is 212 g/mol. The highest BCUT2D eigenvalue weighted by molar-refractivity contribution is 6.25. The minimum atomic E-state index is -3.12. The molecule has 0 fully saturated rings. The van der Waals surface area contributed by atoms with E-state index in [-0.39, 0.29) is 6.08 Å². The van der Waals surface area contributed by atoms with Gasteiger partial charge in [0.2, 0.25) is 5.13 Å². The molecule has 2 unspecified atom stereocenters. The van der Waals surface area contributed by atoms with E-state index in [1.54, 1.807) is 0 Å². The first-order valence-electron chi connectivity index (χ1n) is 3.19. The van der Waals surface area contributed by atoms with Gasteiger partial charge < -0.3 is 5.11 Å². The van der Waals surface area contributed by atoms with Crippen molar-refractivity contribution < 1.29 is 23.1 Å². The van der Waals surface area contributed by atoms with Crippen molar-refractivity contribution in [3.05, 3.63) is 23.6 Å². The van der Waals surface area contributed by atoms with Crippen LogP contribution in [0.2, 0.25) is 0 Å². The number of aliphatic carboxylic acids is 1. The van der Waals surface area contributed by atoms with Crippen LogP contribution in [-0.4, -0.2) is 22.4 Å². The standard InChI is InChI=1S/C7H4ClF3O2/c8-7(11)2-3(9)1-4(5(7)10)6(12)13/h1-2,5H,(H,12,13). The Morgan fingerprint density at radius 2 is 2.23 bits per heavy atom. The van der Waals surface area contributed by atoms with Crippen LogP contribution in [0, 0.1) is 0 Å². The molecule has 0 radical (unpaired) electrons. The first-order valence-corrected chi connectivity index (χ1v) is 3.57. The van der Waals surface area contributed by atoms with E-state index in [9.17, 15) is 18.0 Å². The maximum Gasteiger partial charge on any atom is 0.334 e. The molecule has 13 heavy (non-hydrogen) atoms. The lowest BCUT2D eigenvalue weighted by Gasteiger charge is -2.22. The molecule has 0 saturated carbocycles. The third-order valence-electron chi connectivity index (χ3n) is 1.48. The number of halogens is 4. The van der Waals surface area contributed by atoms with E-state index < -0.39 is 28.7 Å². The van der Waals surface area contributed by atoms with E-state index in [1.165, 1.54) is 0 Å². The Morgan fingerprint density at radius 1 is 1.69 bits per heavy atom. The molecule has 1 aliphatic rings. The van der Waals surface area contributed by atoms with Gasteiger partial charge in [0.15, 0.2) is 6.17 Å². The van der Waals surface area contributed by atoms with Crippen molar-refractivity contribution in [1.82, 2.24) is 0 Å². The van der Waals surface area contributed by atoms with E-state index in [2.05, 4.69) is 0 Å². The van der Waals surface area contributed by atoms with Gasteiger partial charge >= 0.3 is 5.97 Å². The van der Waals surface area contributed by atoms with Gasteiger partial charge in [-0.15, -0.1) is 0 Å². The molecule has 0 aromatic heterocycles. The Morgan fingerprint density at radius 3 is 2.69 bits per heavy atom. The molecule has 2 nitrogen and oxygen atoms in total. The molecule has 72 valence electrons. The van der Waals surface area contributed by atoms with Crippen LogP contribution in [0.3, 0.4) is 0 Å². The van der Waals surface area contributed by atoms with Gasteiger partial charge in [-0.2, -0.15) is 0 Å². The molecule has 2 atom stereocenters. The summed E-state index contributed by atoms with van der Waals surface area (Å²) in [5, 5.41) is 5.21. The summed E-state index contributed by atoms with van der Waals surface area (Å²) in [5.74, 6) is -2.94. The molecule has 1 N–H and O–H groups in total.